The van der Waals surface area contributed by atoms with Gasteiger partial charge in [-0.15, -0.1) is 0 Å². The van der Waals surface area contributed by atoms with Gasteiger partial charge in [-0.25, -0.2) is 0 Å². The average Bonchev–Trinajstić information content (AvgIpc) is 2.24. The molecular weight excluding hydrogens is 208 g/mol. The van der Waals surface area contributed by atoms with E-state index in [0.717, 1.165) is 5.69 Å². The number of hydrogen-bond donors (Lipinski definition) is 0. The molecule has 1 aromatic rings. The predicted molar refractivity (Wildman–Crippen MR) is 71.7 cm³/mol. The molecule has 2 heterocycles. The smallest absolute Gasteiger partial charge is 0.0823 e. The minimum absolute atomic E-state index is 0.0953. The van der Waals surface area contributed by atoms with E-state index in [2.05, 4.69) is 69.0 Å². The van der Waals surface area contributed by atoms with Crippen LogP contribution < -0.4 is 0 Å². The van der Waals surface area contributed by atoms with Crippen molar-refractivity contribution in [3.63, 3.8) is 0 Å². The van der Waals surface area contributed by atoms with Crippen molar-refractivity contribution in [1.29, 1.82) is 0 Å². The van der Waals surface area contributed by atoms with Gasteiger partial charge in [0, 0.05) is 30.7 Å². The molecule has 1 aromatic heterocycles. The number of likely N-dealkylation sites (N-methyl/N-ethyl adjacent to an activating group) is 1. The van der Waals surface area contributed by atoms with Gasteiger partial charge in [0.25, 0.3) is 0 Å². The summed E-state index contributed by atoms with van der Waals surface area (Å²) in [5.41, 5.74) is 4.90. The highest BCUT2D eigenvalue weighted by molar-refractivity contribution is 5.42. The van der Waals surface area contributed by atoms with Crippen LogP contribution in [0.1, 0.15) is 30.7 Å². The Morgan fingerprint density at radius 2 is 1.94 bits per heavy atom. The number of nitrogens with zero attached hydrogens (tertiary/aromatic N) is 2. The van der Waals surface area contributed by atoms with E-state index < -0.39 is 0 Å². The molecule has 2 heteroatoms. The Labute approximate surface area is 104 Å². The standard InChI is InChI=1S/C15H20N2/c1-11-6-8-15(4,17(5)10-11)14-12(2)7-9-16-13(14)3/h6-10H,1-5H3. The van der Waals surface area contributed by atoms with Crippen LogP contribution >= 0.6 is 0 Å². The molecule has 0 amide bonds. The molecule has 0 saturated carbocycles. The Bertz CT molecular complexity index is 479. The lowest BCUT2D eigenvalue weighted by atomic mass is 9.84. The number of hydrogen-bond acceptors (Lipinski definition) is 2. The summed E-state index contributed by atoms with van der Waals surface area (Å²) in [5, 5.41) is 0. The minimum Gasteiger partial charge on any atom is -0.367 e. The van der Waals surface area contributed by atoms with Gasteiger partial charge in [0.2, 0.25) is 0 Å². The number of rotatable bonds is 1. The maximum Gasteiger partial charge on any atom is 0.0823 e. The van der Waals surface area contributed by atoms with E-state index in [0.29, 0.717) is 0 Å². The van der Waals surface area contributed by atoms with Crippen LogP contribution in [-0.2, 0) is 5.54 Å². The fourth-order valence-corrected chi connectivity index (χ4v) is 2.61. The zero-order valence-corrected chi connectivity index (χ0v) is 11.3. The van der Waals surface area contributed by atoms with E-state index in [1.165, 1.54) is 16.7 Å². The third kappa shape index (κ3) is 1.88. The minimum atomic E-state index is -0.0953. The fourth-order valence-electron chi connectivity index (χ4n) is 2.61. The van der Waals surface area contributed by atoms with Gasteiger partial charge in [-0.3, -0.25) is 4.98 Å². The van der Waals surface area contributed by atoms with Crippen LogP contribution in [0.15, 0.2) is 36.2 Å². The Morgan fingerprint density at radius 1 is 1.24 bits per heavy atom. The second kappa shape index (κ2) is 4.02. The number of aromatic nitrogens is 1. The van der Waals surface area contributed by atoms with Gasteiger partial charge < -0.3 is 4.90 Å². The fraction of sp³-hybridized carbons (Fsp3) is 0.400. The van der Waals surface area contributed by atoms with Crippen LogP contribution in [0.25, 0.3) is 0 Å². The summed E-state index contributed by atoms with van der Waals surface area (Å²) in [5.74, 6) is 0. The van der Waals surface area contributed by atoms with Crippen molar-refractivity contribution in [3.05, 3.63) is 53.0 Å². The molecule has 0 spiro atoms. The summed E-state index contributed by atoms with van der Waals surface area (Å²) in [7, 11) is 2.12. The van der Waals surface area contributed by atoms with Crippen LogP contribution in [0.3, 0.4) is 0 Å². The lowest BCUT2D eigenvalue weighted by Gasteiger charge is -2.40. The van der Waals surface area contributed by atoms with E-state index >= 15 is 0 Å². The summed E-state index contributed by atoms with van der Waals surface area (Å²) in [4.78, 5) is 6.70. The molecule has 2 rings (SSSR count). The van der Waals surface area contributed by atoms with E-state index in [1.807, 2.05) is 6.20 Å². The molecule has 0 aromatic carbocycles. The Hall–Kier alpha value is -1.57. The monoisotopic (exact) mass is 228 g/mol. The maximum atomic E-state index is 4.43. The molecule has 2 nitrogen and oxygen atoms in total. The largest absolute Gasteiger partial charge is 0.367 e. The van der Waals surface area contributed by atoms with Crippen molar-refractivity contribution in [1.82, 2.24) is 9.88 Å². The number of aryl methyl sites for hydroxylation is 2. The topological polar surface area (TPSA) is 16.1 Å². The Kier molecular flexibility index (Phi) is 2.82. The van der Waals surface area contributed by atoms with Crippen molar-refractivity contribution < 1.29 is 0 Å². The summed E-state index contributed by atoms with van der Waals surface area (Å²) < 4.78 is 0. The van der Waals surface area contributed by atoms with Gasteiger partial charge >= 0.3 is 0 Å². The Morgan fingerprint density at radius 3 is 2.53 bits per heavy atom. The molecule has 0 fully saturated rings. The lowest BCUT2D eigenvalue weighted by Crippen LogP contribution is -2.39. The molecule has 1 unspecified atom stereocenters. The van der Waals surface area contributed by atoms with E-state index in [4.69, 9.17) is 0 Å². The van der Waals surface area contributed by atoms with Crippen LogP contribution in [0.4, 0.5) is 0 Å². The number of allylic oxidation sites excluding steroid dienone is 2. The number of pyridine rings is 1. The van der Waals surface area contributed by atoms with E-state index in [1.54, 1.807) is 0 Å². The SMILES string of the molecule is CC1=CN(C)C(C)(c2c(C)ccnc2C)C=C1. The van der Waals surface area contributed by atoms with Gasteiger partial charge in [-0.05, 0) is 44.9 Å². The van der Waals surface area contributed by atoms with Crippen molar-refractivity contribution in [2.75, 3.05) is 7.05 Å². The molecular formula is C15H20N2. The molecule has 0 bridgehead atoms. The first-order chi connectivity index (χ1) is 7.95. The summed E-state index contributed by atoms with van der Waals surface area (Å²) >= 11 is 0. The Balaban J connectivity index is 2.57. The van der Waals surface area contributed by atoms with Gasteiger partial charge in [0.15, 0.2) is 0 Å². The first-order valence-corrected chi connectivity index (χ1v) is 5.98. The third-order valence-electron chi connectivity index (χ3n) is 3.66. The van der Waals surface area contributed by atoms with Crippen molar-refractivity contribution >= 4 is 0 Å². The normalized spacial score (nSPS) is 23.8. The predicted octanol–water partition coefficient (Wildman–Crippen LogP) is 3.32. The van der Waals surface area contributed by atoms with Crippen molar-refractivity contribution in [3.8, 4) is 0 Å². The summed E-state index contributed by atoms with van der Waals surface area (Å²) in [6.45, 7) is 8.60. The molecule has 0 saturated heterocycles. The molecule has 17 heavy (non-hydrogen) atoms. The van der Waals surface area contributed by atoms with Crippen LogP contribution in [0.2, 0.25) is 0 Å². The first kappa shape index (κ1) is 11.9. The van der Waals surface area contributed by atoms with Gasteiger partial charge in [0.05, 0.1) is 5.54 Å². The second-order valence-electron chi connectivity index (χ2n) is 5.05. The van der Waals surface area contributed by atoms with Crippen LogP contribution in [-0.4, -0.2) is 16.9 Å². The molecule has 0 aliphatic carbocycles. The highest BCUT2D eigenvalue weighted by Gasteiger charge is 2.32. The van der Waals surface area contributed by atoms with Crippen molar-refractivity contribution in [2.24, 2.45) is 0 Å². The average molecular weight is 228 g/mol. The molecule has 1 atom stereocenters. The highest BCUT2D eigenvalue weighted by atomic mass is 15.2. The van der Waals surface area contributed by atoms with Gasteiger partial charge in [0.1, 0.15) is 0 Å². The van der Waals surface area contributed by atoms with E-state index in [-0.39, 0.29) is 5.54 Å². The third-order valence-corrected chi connectivity index (χ3v) is 3.66. The van der Waals surface area contributed by atoms with Crippen LogP contribution in [0, 0.1) is 13.8 Å². The zero-order chi connectivity index (χ0) is 12.6. The molecule has 1 aliphatic rings. The lowest BCUT2D eigenvalue weighted by molar-refractivity contribution is 0.256. The first-order valence-electron chi connectivity index (χ1n) is 5.98. The molecule has 0 radical (unpaired) electrons. The maximum absolute atomic E-state index is 4.43. The highest BCUT2D eigenvalue weighted by Crippen LogP contribution is 2.35. The molecule has 1 aliphatic heterocycles. The summed E-state index contributed by atoms with van der Waals surface area (Å²) in [6, 6.07) is 2.08. The van der Waals surface area contributed by atoms with Gasteiger partial charge in [-0.1, -0.05) is 12.2 Å². The summed E-state index contributed by atoms with van der Waals surface area (Å²) in [6.07, 6.45) is 8.52. The van der Waals surface area contributed by atoms with E-state index in [9.17, 15) is 0 Å². The quantitative estimate of drug-likeness (QED) is 0.733. The van der Waals surface area contributed by atoms with Crippen molar-refractivity contribution in [2.45, 2.75) is 33.2 Å². The molecule has 90 valence electrons. The zero-order valence-electron chi connectivity index (χ0n) is 11.3. The van der Waals surface area contributed by atoms with Gasteiger partial charge in [-0.2, -0.15) is 0 Å². The molecule has 0 N–H and O–H groups in total. The van der Waals surface area contributed by atoms with Crippen LogP contribution in [0.5, 0.6) is 0 Å². The second-order valence-corrected chi connectivity index (χ2v) is 5.05.